The largest absolute Gasteiger partial charge is 0.416 e. The summed E-state index contributed by atoms with van der Waals surface area (Å²) in [5, 5.41) is 0. The van der Waals surface area contributed by atoms with E-state index in [1.54, 1.807) is 15.7 Å². The van der Waals surface area contributed by atoms with E-state index in [-0.39, 0.29) is 18.2 Å². The Bertz CT molecular complexity index is 876. The second-order valence-corrected chi connectivity index (χ2v) is 7.81. The molecule has 1 aromatic carbocycles. The molecule has 27 heavy (non-hydrogen) atoms. The fraction of sp³-hybridized carbons (Fsp3) is 0.444. The predicted molar refractivity (Wildman–Crippen MR) is 95.9 cm³/mol. The number of aromatic nitrogens is 1. The van der Waals surface area contributed by atoms with Gasteiger partial charge in [0.25, 0.3) is 0 Å². The lowest BCUT2D eigenvalue weighted by atomic mass is 10.2. The van der Waals surface area contributed by atoms with Gasteiger partial charge in [-0.05, 0) is 45.0 Å². The number of hydrogen-bond donors (Lipinski definition) is 0. The molecule has 0 spiro atoms. The summed E-state index contributed by atoms with van der Waals surface area (Å²) in [7, 11) is 0. The van der Waals surface area contributed by atoms with Crippen LogP contribution in [0.25, 0.3) is 5.69 Å². The van der Waals surface area contributed by atoms with Gasteiger partial charge in [-0.1, -0.05) is 0 Å². The number of hydrogen-bond acceptors (Lipinski definition) is 3. The average Bonchev–Trinajstić information content (AvgIpc) is 2.93. The van der Waals surface area contributed by atoms with Crippen molar-refractivity contribution in [3.8, 4) is 5.69 Å². The second kappa shape index (κ2) is 7.47. The number of carbonyl (C=O) groups is 1. The molecule has 9 heteroatoms. The van der Waals surface area contributed by atoms with Gasteiger partial charge in [-0.2, -0.15) is 18.2 Å². The summed E-state index contributed by atoms with van der Waals surface area (Å²) in [6.45, 7) is 6.56. The topological polar surface area (TPSA) is 46.8 Å². The third-order valence-electron chi connectivity index (χ3n) is 4.12. The zero-order chi connectivity index (χ0) is 19.8. The van der Waals surface area contributed by atoms with Gasteiger partial charge in [0.1, 0.15) is 0 Å². The molecule has 0 saturated carbocycles. The van der Waals surface area contributed by atoms with E-state index in [0.29, 0.717) is 23.6 Å². The first-order valence-corrected chi connectivity index (χ1v) is 9.31. The monoisotopic (exact) mass is 399 g/mol. The van der Waals surface area contributed by atoms with Crippen LogP contribution in [0, 0.1) is 6.92 Å². The van der Waals surface area contributed by atoms with E-state index in [4.69, 9.17) is 4.74 Å². The van der Waals surface area contributed by atoms with E-state index in [9.17, 15) is 18.0 Å². The molecule has 146 valence electrons. The van der Waals surface area contributed by atoms with Crippen LogP contribution in [-0.2, 0) is 10.9 Å². The van der Waals surface area contributed by atoms with Crippen LogP contribution in [0.15, 0.2) is 35.5 Å². The molecule has 2 heterocycles. The molecule has 1 aromatic heterocycles. The summed E-state index contributed by atoms with van der Waals surface area (Å²) in [6, 6.07) is 4.41. The highest BCUT2D eigenvalue weighted by Gasteiger charge is 2.30. The van der Waals surface area contributed by atoms with Crippen molar-refractivity contribution in [1.82, 2.24) is 9.47 Å². The molecule has 2 atom stereocenters. The Hall–Kier alpha value is -2.13. The summed E-state index contributed by atoms with van der Waals surface area (Å²) in [6.07, 6.45) is -2.77. The van der Waals surface area contributed by atoms with Gasteiger partial charge in [-0.25, -0.2) is 4.79 Å². The molecule has 0 N–H and O–H groups in total. The molecule has 0 radical (unpaired) electrons. The van der Waals surface area contributed by atoms with Gasteiger partial charge in [-0.3, -0.25) is 4.57 Å². The van der Waals surface area contributed by atoms with Crippen molar-refractivity contribution in [2.45, 2.75) is 39.2 Å². The van der Waals surface area contributed by atoms with E-state index < -0.39 is 11.7 Å². The fourth-order valence-electron chi connectivity index (χ4n) is 3.02. The summed E-state index contributed by atoms with van der Waals surface area (Å²) in [4.78, 5) is 19.7. The quantitative estimate of drug-likeness (QED) is 0.728. The zero-order valence-corrected chi connectivity index (χ0v) is 16.0. The van der Waals surface area contributed by atoms with Crippen LogP contribution in [-0.4, -0.2) is 40.8 Å². The minimum atomic E-state index is -4.39. The second-order valence-electron chi connectivity index (χ2n) is 6.60. The average molecular weight is 399 g/mol. The summed E-state index contributed by atoms with van der Waals surface area (Å²) in [5.41, 5.74) is -0.202. The maximum atomic E-state index is 12.8. The summed E-state index contributed by atoms with van der Waals surface area (Å²) in [5.74, 6) is 0. The molecule has 1 saturated heterocycles. The Kier molecular flexibility index (Phi) is 5.43. The van der Waals surface area contributed by atoms with E-state index >= 15 is 0 Å². The highest BCUT2D eigenvalue weighted by Crippen LogP contribution is 2.29. The lowest BCUT2D eigenvalue weighted by molar-refractivity contribution is -0.137. The molecule has 1 aliphatic heterocycles. The lowest BCUT2D eigenvalue weighted by Crippen LogP contribution is -2.47. The van der Waals surface area contributed by atoms with Crippen molar-refractivity contribution in [3.05, 3.63) is 45.7 Å². The smallest absolute Gasteiger partial charge is 0.372 e. The van der Waals surface area contributed by atoms with E-state index in [1.165, 1.54) is 23.5 Å². The van der Waals surface area contributed by atoms with Crippen molar-refractivity contribution in [2.75, 3.05) is 13.1 Å². The lowest BCUT2D eigenvalue weighted by Gasteiger charge is -2.33. The number of thiazole rings is 1. The first kappa shape index (κ1) is 19.6. The number of aryl methyl sites for hydroxylation is 1. The van der Waals surface area contributed by atoms with Crippen molar-refractivity contribution >= 4 is 17.4 Å². The molecule has 0 aliphatic carbocycles. The molecule has 1 aliphatic rings. The zero-order valence-electron chi connectivity index (χ0n) is 15.2. The van der Waals surface area contributed by atoms with Crippen LogP contribution in [0.2, 0.25) is 0 Å². The Morgan fingerprint density at radius 1 is 1.19 bits per heavy atom. The van der Waals surface area contributed by atoms with Gasteiger partial charge in [0.2, 0.25) is 0 Å². The van der Waals surface area contributed by atoms with Crippen molar-refractivity contribution < 1.29 is 22.7 Å². The van der Waals surface area contributed by atoms with Gasteiger partial charge in [0.05, 0.1) is 17.8 Å². The highest BCUT2D eigenvalue weighted by atomic mass is 32.1. The number of morpholine rings is 1. The molecule has 2 aromatic rings. The molecule has 1 fully saturated rings. The Labute approximate surface area is 158 Å². The van der Waals surface area contributed by atoms with Crippen LogP contribution < -0.4 is 4.80 Å². The third-order valence-corrected chi connectivity index (χ3v) is 5.02. The molecule has 5 nitrogen and oxygen atoms in total. The van der Waals surface area contributed by atoms with Gasteiger partial charge in [0, 0.05) is 29.9 Å². The van der Waals surface area contributed by atoms with E-state index in [1.807, 2.05) is 20.8 Å². The van der Waals surface area contributed by atoms with Crippen molar-refractivity contribution in [3.63, 3.8) is 0 Å². The van der Waals surface area contributed by atoms with Crippen LogP contribution in [0.1, 0.15) is 24.3 Å². The normalized spacial score (nSPS) is 21.6. The minimum absolute atomic E-state index is 0.0694. The highest BCUT2D eigenvalue weighted by molar-refractivity contribution is 7.09. The number of ether oxygens (including phenoxy) is 1. The first-order chi connectivity index (χ1) is 12.6. The first-order valence-electron chi connectivity index (χ1n) is 8.49. The molecule has 2 amide bonds. The number of rotatable bonds is 1. The molecule has 0 bridgehead atoms. The SMILES string of the molecule is Cc1cn(-c2ccc(C(F)(F)F)cc2)c(=NC(=O)N2CC(C)OC(C)C2)s1. The van der Waals surface area contributed by atoms with Crippen LogP contribution >= 0.6 is 11.3 Å². The van der Waals surface area contributed by atoms with Crippen LogP contribution in [0.5, 0.6) is 0 Å². The molecular formula is C18H20F3N3O2S. The van der Waals surface area contributed by atoms with Crippen LogP contribution in [0.4, 0.5) is 18.0 Å². The van der Waals surface area contributed by atoms with Crippen molar-refractivity contribution in [2.24, 2.45) is 4.99 Å². The third kappa shape index (κ3) is 4.59. The Morgan fingerprint density at radius 2 is 1.78 bits per heavy atom. The number of nitrogens with zero attached hydrogens (tertiary/aromatic N) is 3. The van der Waals surface area contributed by atoms with Crippen LogP contribution in [0.3, 0.4) is 0 Å². The van der Waals surface area contributed by atoms with Gasteiger partial charge in [0.15, 0.2) is 4.80 Å². The number of urea groups is 1. The number of halogens is 3. The Balaban J connectivity index is 1.92. The number of amides is 2. The molecular weight excluding hydrogens is 379 g/mol. The minimum Gasteiger partial charge on any atom is -0.372 e. The summed E-state index contributed by atoms with van der Waals surface area (Å²) < 4.78 is 45.5. The molecule has 2 unspecified atom stereocenters. The maximum absolute atomic E-state index is 12.8. The van der Waals surface area contributed by atoms with Gasteiger partial charge in [-0.15, -0.1) is 11.3 Å². The number of alkyl halides is 3. The van der Waals surface area contributed by atoms with Crippen molar-refractivity contribution in [1.29, 1.82) is 0 Å². The standard InChI is InChI=1S/C18H20F3N3O2S/c1-11-8-23(9-12(2)26-11)16(25)22-17-24(10-13(3)27-17)15-6-4-14(5-7-15)18(19,20)21/h4-7,10-12H,8-9H2,1-3H3. The maximum Gasteiger partial charge on any atom is 0.416 e. The number of benzene rings is 1. The Morgan fingerprint density at radius 3 is 2.33 bits per heavy atom. The van der Waals surface area contributed by atoms with Gasteiger partial charge >= 0.3 is 12.2 Å². The molecule has 3 rings (SSSR count). The predicted octanol–water partition coefficient (Wildman–Crippen LogP) is 4.00. The number of carbonyl (C=O) groups excluding carboxylic acids is 1. The van der Waals surface area contributed by atoms with E-state index in [0.717, 1.165) is 17.0 Å². The van der Waals surface area contributed by atoms with E-state index in [2.05, 4.69) is 4.99 Å². The fourth-order valence-corrected chi connectivity index (χ4v) is 3.84. The summed E-state index contributed by atoms with van der Waals surface area (Å²) >= 11 is 1.31. The van der Waals surface area contributed by atoms with Gasteiger partial charge < -0.3 is 9.64 Å².